The van der Waals surface area contributed by atoms with E-state index >= 15 is 0 Å². The van der Waals surface area contributed by atoms with Gasteiger partial charge in [-0.1, -0.05) is 6.07 Å². The van der Waals surface area contributed by atoms with E-state index in [-0.39, 0.29) is 11.8 Å². The van der Waals surface area contributed by atoms with E-state index in [1.165, 1.54) is 11.3 Å². The van der Waals surface area contributed by atoms with Crippen molar-refractivity contribution in [2.45, 2.75) is 31.7 Å². The summed E-state index contributed by atoms with van der Waals surface area (Å²) in [7, 11) is 0. The highest BCUT2D eigenvalue weighted by atomic mass is 32.1. The Bertz CT molecular complexity index is 960. The number of thiophene rings is 1. The second kappa shape index (κ2) is 7.30. The number of anilines is 1. The lowest BCUT2D eigenvalue weighted by Crippen LogP contribution is -2.47. The number of hydrogen-bond acceptors (Lipinski definition) is 7. The Morgan fingerprint density at radius 1 is 1.39 bits per heavy atom. The van der Waals surface area contributed by atoms with E-state index in [9.17, 15) is 18.3 Å². The van der Waals surface area contributed by atoms with Crippen molar-refractivity contribution < 1.29 is 23.0 Å². The summed E-state index contributed by atoms with van der Waals surface area (Å²) in [6, 6.07) is 5.17. The number of aliphatic hydroxyl groups is 1. The van der Waals surface area contributed by atoms with Gasteiger partial charge in [0.05, 0.1) is 25.4 Å². The third kappa shape index (κ3) is 3.69. The van der Waals surface area contributed by atoms with Gasteiger partial charge in [0.2, 0.25) is 0 Å². The summed E-state index contributed by atoms with van der Waals surface area (Å²) in [6.45, 7) is 2.93. The molecule has 0 spiro atoms. The topological polar surface area (TPSA) is 75.8 Å². The minimum absolute atomic E-state index is 0.105. The molecule has 0 aliphatic carbocycles. The Morgan fingerprint density at radius 2 is 2.21 bits per heavy atom. The Labute approximate surface area is 162 Å². The molecule has 0 saturated carbocycles. The van der Waals surface area contributed by atoms with Gasteiger partial charge in [-0.3, -0.25) is 0 Å². The lowest BCUT2D eigenvalue weighted by Gasteiger charge is -2.38. The summed E-state index contributed by atoms with van der Waals surface area (Å²) in [6.07, 6.45) is -4.96. The van der Waals surface area contributed by atoms with Crippen LogP contribution in [0.4, 0.5) is 19.0 Å². The fraction of sp³-hybridized carbons (Fsp3) is 0.471. The predicted octanol–water partition coefficient (Wildman–Crippen LogP) is 2.84. The van der Waals surface area contributed by atoms with Crippen LogP contribution in [0.2, 0.25) is 0 Å². The van der Waals surface area contributed by atoms with E-state index in [2.05, 4.69) is 15.1 Å². The largest absolute Gasteiger partial charge is 0.453 e. The first-order valence-corrected chi connectivity index (χ1v) is 9.58. The quantitative estimate of drug-likeness (QED) is 0.709. The first kappa shape index (κ1) is 19.1. The van der Waals surface area contributed by atoms with Crippen LogP contribution in [-0.2, 0) is 10.9 Å². The fourth-order valence-corrected chi connectivity index (χ4v) is 4.02. The molecule has 0 radical (unpaired) electrons. The highest BCUT2D eigenvalue weighted by molar-refractivity contribution is 7.10. The first-order valence-electron chi connectivity index (χ1n) is 8.70. The van der Waals surface area contributed by atoms with E-state index in [4.69, 9.17) is 4.74 Å². The third-order valence-corrected chi connectivity index (χ3v) is 5.54. The maximum atomic E-state index is 13.1. The van der Waals surface area contributed by atoms with Crippen molar-refractivity contribution in [3.63, 3.8) is 0 Å². The first-order chi connectivity index (χ1) is 13.3. The van der Waals surface area contributed by atoms with E-state index in [0.717, 1.165) is 9.39 Å². The number of hydrogen-bond donors (Lipinski definition) is 1. The lowest BCUT2D eigenvalue weighted by atomic mass is 10.1. The maximum absolute atomic E-state index is 13.1. The molecule has 0 bridgehead atoms. The van der Waals surface area contributed by atoms with Gasteiger partial charge in [-0.2, -0.15) is 22.7 Å². The number of aromatic nitrogens is 4. The van der Waals surface area contributed by atoms with E-state index in [1.807, 2.05) is 22.4 Å². The average molecular weight is 413 g/mol. The zero-order chi connectivity index (χ0) is 19.9. The summed E-state index contributed by atoms with van der Waals surface area (Å²) in [5.41, 5.74) is 0.535. The van der Waals surface area contributed by atoms with Crippen LogP contribution in [-0.4, -0.2) is 50.5 Å². The monoisotopic (exact) mass is 413 g/mol. The molecule has 7 nitrogen and oxygen atoms in total. The van der Waals surface area contributed by atoms with E-state index in [0.29, 0.717) is 37.7 Å². The van der Waals surface area contributed by atoms with Crippen molar-refractivity contribution in [1.82, 2.24) is 19.6 Å². The van der Waals surface area contributed by atoms with Crippen LogP contribution in [0.1, 0.15) is 28.9 Å². The van der Waals surface area contributed by atoms with Gasteiger partial charge in [-0.15, -0.1) is 16.4 Å². The van der Waals surface area contributed by atoms with Gasteiger partial charge in [-0.05, 0) is 18.4 Å². The molecule has 4 rings (SSSR count). The fourth-order valence-electron chi connectivity index (χ4n) is 3.30. The van der Waals surface area contributed by atoms with Gasteiger partial charge in [-0.25, -0.2) is 4.98 Å². The molecule has 150 valence electrons. The molecule has 1 N–H and O–H groups in total. The Hall–Kier alpha value is -2.24. The molecule has 2 unspecified atom stereocenters. The van der Waals surface area contributed by atoms with Crippen molar-refractivity contribution in [3.8, 4) is 0 Å². The zero-order valence-electron chi connectivity index (χ0n) is 14.9. The summed E-state index contributed by atoms with van der Waals surface area (Å²) >= 11 is 1.46. The van der Waals surface area contributed by atoms with Gasteiger partial charge >= 0.3 is 6.18 Å². The molecular formula is C17H18F3N5O2S. The summed E-state index contributed by atoms with van der Waals surface area (Å²) in [4.78, 5) is 10.4. The molecule has 1 saturated heterocycles. The smallest absolute Gasteiger partial charge is 0.387 e. The summed E-state index contributed by atoms with van der Waals surface area (Å²) in [5.74, 6) is -0.876. The molecule has 3 aromatic rings. The van der Waals surface area contributed by atoms with E-state index in [1.54, 1.807) is 13.0 Å². The number of ether oxygens (including phenoxy) is 1. The number of rotatable bonds is 4. The second-order valence-corrected chi connectivity index (χ2v) is 7.57. The number of morpholine rings is 1. The minimum Gasteiger partial charge on any atom is -0.387 e. The van der Waals surface area contributed by atoms with Gasteiger partial charge in [0.25, 0.3) is 11.6 Å². The van der Waals surface area contributed by atoms with Crippen molar-refractivity contribution in [3.05, 3.63) is 40.0 Å². The standard InChI is InChI=1S/C17H18F3N5O2S/c1-10-7-14(25-16(21-10)22-15(23-25)17(18,19)20)24-4-5-27-9-11(24)8-12(26)13-3-2-6-28-13/h2-3,6-7,11-12,26H,4-5,8-9H2,1H3. The number of aryl methyl sites for hydroxylation is 1. The highest BCUT2D eigenvalue weighted by Gasteiger charge is 2.37. The maximum Gasteiger partial charge on any atom is 0.453 e. The van der Waals surface area contributed by atoms with Crippen LogP contribution in [0.5, 0.6) is 0 Å². The zero-order valence-corrected chi connectivity index (χ0v) is 15.7. The summed E-state index contributed by atoms with van der Waals surface area (Å²) < 4.78 is 45.9. The van der Waals surface area contributed by atoms with Crippen molar-refractivity contribution in [2.75, 3.05) is 24.7 Å². The predicted molar refractivity (Wildman–Crippen MR) is 96.4 cm³/mol. The molecule has 4 heterocycles. The number of fused-ring (bicyclic) bond motifs is 1. The molecule has 1 aliphatic heterocycles. The molecule has 28 heavy (non-hydrogen) atoms. The average Bonchev–Trinajstić information content (AvgIpc) is 3.31. The lowest BCUT2D eigenvalue weighted by molar-refractivity contribution is -0.144. The molecule has 0 amide bonds. The second-order valence-electron chi connectivity index (χ2n) is 6.59. The third-order valence-electron chi connectivity index (χ3n) is 4.56. The van der Waals surface area contributed by atoms with Crippen LogP contribution in [0, 0.1) is 6.92 Å². The van der Waals surface area contributed by atoms with Gasteiger partial charge in [0.15, 0.2) is 0 Å². The number of alkyl halides is 3. The SMILES string of the molecule is Cc1cc(N2CCOCC2CC(O)c2cccs2)n2nc(C(F)(F)F)nc2n1. The van der Waals surface area contributed by atoms with Crippen molar-refractivity contribution in [2.24, 2.45) is 0 Å². The number of aliphatic hydroxyl groups excluding tert-OH is 1. The van der Waals surface area contributed by atoms with Crippen LogP contribution in [0.25, 0.3) is 5.78 Å². The molecule has 11 heteroatoms. The van der Waals surface area contributed by atoms with Crippen LogP contribution in [0.15, 0.2) is 23.6 Å². The van der Waals surface area contributed by atoms with Gasteiger partial charge in [0.1, 0.15) is 5.82 Å². The number of nitrogens with zero attached hydrogens (tertiary/aromatic N) is 5. The Balaban J connectivity index is 1.70. The molecule has 3 aromatic heterocycles. The molecule has 1 fully saturated rings. The molecular weight excluding hydrogens is 395 g/mol. The molecule has 1 aliphatic rings. The van der Waals surface area contributed by atoms with Crippen LogP contribution in [0.3, 0.4) is 0 Å². The molecule has 0 aromatic carbocycles. The van der Waals surface area contributed by atoms with Gasteiger partial charge in [0, 0.05) is 29.6 Å². The number of halogens is 3. The minimum atomic E-state index is -4.65. The summed E-state index contributed by atoms with van der Waals surface area (Å²) in [5, 5.41) is 16.1. The van der Waals surface area contributed by atoms with Crippen LogP contribution < -0.4 is 4.90 Å². The van der Waals surface area contributed by atoms with Crippen molar-refractivity contribution in [1.29, 1.82) is 0 Å². The Morgan fingerprint density at radius 3 is 2.93 bits per heavy atom. The van der Waals surface area contributed by atoms with Crippen molar-refractivity contribution >= 4 is 22.9 Å². The normalized spacial score (nSPS) is 19.3. The highest BCUT2D eigenvalue weighted by Crippen LogP contribution is 2.31. The van der Waals surface area contributed by atoms with E-state index < -0.39 is 18.1 Å². The molecule has 2 atom stereocenters. The van der Waals surface area contributed by atoms with Gasteiger partial charge < -0.3 is 14.7 Å². The Kier molecular flexibility index (Phi) is 4.98. The van der Waals surface area contributed by atoms with Crippen LogP contribution >= 0.6 is 11.3 Å².